The van der Waals surface area contributed by atoms with Crippen molar-refractivity contribution >= 4 is 50.7 Å². The summed E-state index contributed by atoms with van der Waals surface area (Å²) in [5, 5.41) is 4.07. The molecule has 252 valence electrons. The summed E-state index contributed by atoms with van der Waals surface area (Å²) < 4.78 is 47.1. The Bertz CT molecular complexity index is 1960. The maximum absolute atomic E-state index is 13.9. The van der Waals surface area contributed by atoms with E-state index in [-0.39, 0.29) is 41.7 Å². The number of ether oxygens (including phenoxy) is 1. The molecule has 0 radical (unpaired) electrons. The molecule has 49 heavy (non-hydrogen) atoms. The lowest BCUT2D eigenvalue weighted by atomic mass is 10.0. The summed E-state index contributed by atoms with van der Waals surface area (Å²) in [7, 11) is -3.97. The summed E-state index contributed by atoms with van der Waals surface area (Å²) in [5.74, 6) is -1.07. The Morgan fingerprint density at radius 1 is 0.735 bits per heavy atom. The third-order valence-electron chi connectivity index (χ3n) is 7.51. The van der Waals surface area contributed by atoms with Gasteiger partial charge >= 0.3 is 0 Å². The fourth-order valence-corrected chi connectivity index (χ4v) is 6.24. The molecule has 0 bridgehead atoms. The first-order valence-corrected chi connectivity index (χ1v) is 17.4. The monoisotopic (exact) mass is 719 g/mol. The van der Waals surface area contributed by atoms with Crippen molar-refractivity contribution in [1.29, 1.82) is 0 Å². The molecule has 8 nitrogen and oxygen atoms in total. The number of anilines is 1. The molecule has 0 heterocycles. The summed E-state index contributed by atoms with van der Waals surface area (Å²) in [5.41, 5.74) is 2.66. The van der Waals surface area contributed by atoms with E-state index in [4.69, 9.17) is 27.9 Å². The van der Waals surface area contributed by atoms with E-state index < -0.39 is 34.4 Å². The first-order valence-electron chi connectivity index (χ1n) is 15.2. The summed E-state index contributed by atoms with van der Waals surface area (Å²) >= 11 is 12.1. The van der Waals surface area contributed by atoms with Crippen molar-refractivity contribution in [1.82, 2.24) is 10.2 Å². The van der Waals surface area contributed by atoms with E-state index in [1.807, 2.05) is 42.5 Å². The molecule has 0 aromatic heterocycles. The van der Waals surface area contributed by atoms with E-state index in [0.717, 1.165) is 28.8 Å². The highest BCUT2D eigenvalue weighted by Crippen LogP contribution is 2.21. The lowest BCUT2D eigenvalue weighted by Crippen LogP contribution is -2.51. The smallest absolute Gasteiger partial charge is 0.261 e. The number of carbonyl (C=O) groups is 2. The number of nitrogens with zero attached hydrogens (tertiary/aromatic N) is 1. The van der Waals surface area contributed by atoms with E-state index >= 15 is 0 Å². The van der Waals surface area contributed by atoms with Gasteiger partial charge in [0.25, 0.3) is 15.9 Å². The molecule has 0 saturated heterocycles. The number of sulfonamides is 1. The molecule has 2 N–H and O–H groups in total. The predicted octanol–water partition coefficient (Wildman–Crippen LogP) is 7.27. The second-order valence-corrected chi connectivity index (χ2v) is 13.6. The molecule has 0 aliphatic carbocycles. The molecule has 2 amide bonds. The van der Waals surface area contributed by atoms with Crippen LogP contribution in [0.25, 0.3) is 0 Å². The van der Waals surface area contributed by atoms with Crippen LogP contribution < -0.4 is 14.8 Å². The van der Waals surface area contributed by atoms with Crippen molar-refractivity contribution in [3.63, 3.8) is 0 Å². The van der Waals surface area contributed by atoms with Crippen LogP contribution in [0, 0.1) is 5.82 Å². The van der Waals surface area contributed by atoms with Gasteiger partial charge in [-0.15, -0.1) is 0 Å². The molecule has 5 rings (SSSR count). The number of halogens is 3. The van der Waals surface area contributed by atoms with Crippen molar-refractivity contribution in [3.8, 4) is 5.75 Å². The maximum Gasteiger partial charge on any atom is 0.261 e. The zero-order chi connectivity index (χ0) is 34.8. The molecule has 0 aliphatic rings. The highest BCUT2D eigenvalue weighted by Gasteiger charge is 2.31. The molecule has 1 atom stereocenters. The Labute approximate surface area is 294 Å². The zero-order valence-electron chi connectivity index (χ0n) is 26.1. The number of hydrogen-bond acceptors (Lipinski definition) is 5. The van der Waals surface area contributed by atoms with E-state index in [9.17, 15) is 22.4 Å². The van der Waals surface area contributed by atoms with Gasteiger partial charge in [-0.25, -0.2) is 12.8 Å². The topological polar surface area (TPSA) is 105 Å². The first-order chi connectivity index (χ1) is 23.6. The summed E-state index contributed by atoms with van der Waals surface area (Å²) in [6.07, 6.45) is 0.236. The van der Waals surface area contributed by atoms with E-state index in [0.29, 0.717) is 10.0 Å². The molecule has 0 saturated carbocycles. The van der Waals surface area contributed by atoms with Crippen LogP contribution in [0.3, 0.4) is 0 Å². The van der Waals surface area contributed by atoms with Gasteiger partial charge < -0.3 is 15.0 Å². The Morgan fingerprint density at radius 3 is 1.94 bits per heavy atom. The van der Waals surface area contributed by atoms with Crippen LogP contribution in [0.4, 0.5) is 10.1 Å². The Morgan fingerprint density at radius 2 is 1.33 bits per heavy atom. The highest BCUT2D eigenvalue weighted by atomic mass is 35.5. The molecular formula is C37H32Cl2FN3O5S. The van der Waals surface area contributed by atoms with Gasteiger partial charge in [0, 0.05) is 35.2 Å². The molecule has 0 fully saturated rings. The Kier molecular flexibility index (Phi) is 11.9. The molecule has 0 aliphatic heterocycles. The van der Waals surface area contributed by atoms with Gasteiger partial charge in [0.2, 0.25) is 5.91 Å². The van der Waals surface area contributed by atoms with Gasteiger partial charge in [-0.1, -0.05) is 77.8 Å². The molecule has 12 heteroatoms. The Balaban J connectivity index is 1.34. The third kappa shape index (κ3) is 10.3. The molecule has 5 aromatic rings. The maximum atomic E-state index is 13.9. The second kappa shape index (κ2) is 16.5. The van der Waals surface area contributed by atoms with Crippen molar-refractivity contribution < 1.29 is 27.1 Å². The Hall–Kier alpha value is -4.90. The van der Waals surface area contributed by atoms with Gasteiger partial charge in [0.1, 0.15) is 17.6 Å². The minimum absolute atomic E-state index is 0.0554. The minimum atomic E-state index is -3.97. The number of hydrogen-bond donors (Lipinski definition) is 2. The van der Waals surface area contributed by atoms with Gasteiger partial charge in [0.05, 0.1) is 4.90 Å². The van der Waals surface area contributed by atoms with Gasteiger partial charge in [0.15, 0.2) is 6.61 Å². The summed E-state index contributed by atoms with van der Waals surface area (Å²) in [4.78, 5) is 29.2. The first kappa shape index (κ1) is 35.4. The number of benzene rings is 5. The highest BCUT2D eigenvalue weighted by molar-refractivity contribution is 7.92. The standard InChI is InChI=1S/C37H32Cl2FN3O5S/c38-29-10-6-27(7-11-29)23-41-37(45)35(22-26-4-2-1-3-5-26)43(24-28-8-12-30(39)13-9-28)36(44)25-48-33-18-20-34(21-19-33)49(46,47)42-32-16-14-31(40)15-17-32/h1-21,35,42H,22-25H2,(H,41,45). The molecule has 1 unspecified atom stereocenters. The molecular weight excluding hydrogens is 688 g/mol. The third-order valence-corrected chi connectivity index (χ3v) is 9.41. The van der Waals surface area contributed by atoms with Crippen LogP contribution in [0.5, 0.6) is 5.75 Å². The average molecular weight is 721 g/mol. The summed E-state index contributed by atoms with van der Waals surface area (Å²) in [6, 6.07) is 33.0. The van der Waals surface area contributed by atoms with Crippen molar-refractivity contribution in [2.45, 2.75) is 30.4 Å². The predicted molar refractivity (Wildman–Crippen MR) is 188 cm³/mol. The van der Waals surface area contributed by atoms with Crippen LogP contribution in [-0.4, -0.2) is 37.8 Å². The molecule has 5 aromatic carbocycles. The fourth-order valence-electron chi connectivity index (χ4n) is 4.92. The van der Waals surface area contributed by atoms with E-state index in [1.54, 1.807) is 36.4 Å². The average Bonchev–Trinajstić information content (AvgIpc) is 3.10. The SMILES string of the molecule is O=C(NCc1ccc(Cl)cc1)C(Cc1ccccc1)N(Cc1ccc(Cl)cc1)C(=O)COc1ccc(S(=O)(=O)Nc2ccc(F)cc2)cc1. The van der Waals surface area contributed by atoms with Crippen LogP contribution in [0.1, 0.15) is 16.7 Å². The quantitative estimate of drug-likeness (QED) is 0.126. The minimum Gasteiger partial charge on any atom is -0.484 e. The van der Waals surface area contributed by atoms with Gasteiger partial charge in [-0.2, -0.15) is 0 Å². The van der Waals surface area contributed by atoms with Crippen LogP contribution in [0.15, 0.2) is 132 Å². The largest absolute Gasteiger partial charge is 0.484 e. The summed E-state index contributed by atoms with van der Waals surface area (Å²) in [6.45, 7) is -0.104. The zero-order valence-corrected chi connectivity index (χ0v) is 28.4. The van der Waals surface area contributed by atoms with Crippen molar-refractivity contribution in [2.75, 3.05) is 11.3 Å². The molecule has 0 spiro atoms. The van der Waals surface area contributed by atoms with Crippen LogP contribution >= 0.6 is 23.2 Å². The lowest BCUT2D eigenvalue weighted by Gasteiger charge is -2.31. The van der Waals surface area contributed by atoms with Crippen LogP contribution in [0.2, 0.25) is 10.0 Å². The van der Waals surface area contributed by atoms with Gasteiger partial charge in [-0.3, -0.25) is 14.3 Å². The number of amides is 2. The lowest BCUT2D eigenvalue weighted by molar-refractivity contribution is -0.142. The van der Waals surface area contributed by atoms with Crippen molar-refractivity contribution in [3.05, 3.63) is 160 Å². The fraction of sp³-hybridized carbons (Fsp3) is 0.135. The number of carbonyl (C=O) groups excluding carboxylic acids is 2. The normalized spacial score (nSPS) is 11.7. The number of nitrogens with one attached hydrogen (secondary N) is 2. The second-order valence-electron chi connectivity index (χ2n) is 11.1. The van der Waals surface area contributed by atoms with Crippen LogP contribution in [-0.2, 0) is 39.1 Å². The number of rotatable bonds is 14. The van der Waals surface area contributed by atoms with Crippen molar-refractivity contribution in [2.24, 2.45) is 0 Å². The van der Waals surface area contributed by atoms with E-state index in [2.05, 4.69) is 10.0 Å². The van der Waals surface area contributed by atoms with E-state index in [1.165, 1.54) is 41.3 Å². The van der Waals surface area contributed by atoms with Gasteiger partial charge in [-0.05, 0) is 89.5 Å².